The summed E-state index contributed by atoms with van der Waals surface area (Å²) < 4.78 is 5.04. The van der Waals surface area contributed by atoms with E-state index in [-0.39, 0.29) is 12.0 Å². The van der Waals surface area contributed by atoms with Crippen molar-refractivity contribution in [2.45, 2.75) is 59.0 Å². The summed E-state index contributed by atoms with van der Waals surface area (Å²) >= 11 is 0. The van der Waals surface area contributed by atoms with Gasteiger partial charge in [-0.15, -0.1) is 0 Å². The molecule has 1 heterocycles. The first kappa shape index (κ1) is 16.4. The summed E-state index contributed by atoms with van der Waals surface area (Å²) in [6.45, 7) is 12.2. The Kier molecular flexibility index (Phi) is 7.39. The first-order chi connectivity index (χ1) is 9.08. The largest absolute Gasteiger partial charge is 0.465 e. The summed E-state index contributed by atoms with van der Waals surface area (Å²) in [6, 6.07) is 0.149. The lowest BCUT2D eigenvalue weighted by Gasteiger charge is -2.36. The van der Waals surface area contributed by atoms with Crippen LogP contribution in [0.25, 0.3) is 0 Å². The molecular weight excluding hydrogens is 240 g/mol. The number of hydrogen-bond donors (Lipinski definition) is 1. The van der Waals surface area contributed by atoms with E-state index in [9.17, 15) is 4.79 Å². The van der Waals surface area contributed by atoms with E-state index in [1.165, 1.54) is 32.4 Å². The number of rotatable bonds is 7. The first-order valence-corrected chi connectivity index (χ1v) is 7.73. The molecule has 0 aromatic rings. The molecule has 4 nitrogen and oxygen atoms in total. The average molecular weight is 270 g/mol. The van der Waals surface area contributed by atoms with E-state index in [2.05, 4.69) is 24.1 Å². The van der Waals surface area contributed by atoms with Crippen molar-refractivity contribution < 1.29 is 9.53 Å². The van der Waals surface area contributed by atoms with Crippen LogP contribution in [0.3, 0.4) is 0 Å². The van der Waals surface area contributed by atoms with Crippen LogP contribution >= 0.6 is 0 Å². The van der Waals surface area contributed by atoms with Gasteiger partial charge >= 0.3 is 5.97 Å². The highest BCUT2D eigenvalue weighted by molar-refractivity contribution is 5.75. The highest BCUT2D eigenvalue weighted by Crippen LogP contribution is 2.20. The van der Waals surface area contributed by atoms with Gasteiger partial charge in [-0.3, -0.25) is 4.79 Å². The number of carbonyl (C=O) groups is 1. The molecule has 3 unspecified atom stereocenters. The molecule has 4 heteroatoms. The summed E-state index contributed by atoms with van der Waals surface area (Å²) in [7, 11) is 0. The summed E-state index contributed by atoms with van der Waals surface area (Å²) in [5.41, 5.74) is 0. The van der Waals surface area contributed by atoms with Crippen molar-refractivity contribution in [3.05, 3.63) is 0 Å². The zero-order chi connectivity index (χ0) is 14.3. The van der Waals surface area contributed by atoms with Gasteiger partial charge in [0.05, 0.1) is 6.61 Å². The monoisotopic (exact) mass is 270 g/mol. The molecule has 1 rings (SSSR count). The highest BCUT2D eigenvalue weighted by Gasteiger charge is 2.26. The number of likely N-dealkylation sites (tertiary alicyclic amines) is 1. The minimum Gasteiger partial charge on any atom is -0.465 e. The summed E-state index contributed by atoms with van der Waals surface area (Å²) in [5.74, 6) is 0.493. The van der Waals surface area contributed by atoms with Gasteiger partial charge in [-0.05, 0) is 59.0 Å². The molecule has 0 aromatic carbocycles. The third-order valence-electron chi connectivity index (χ3n) is 3.94. The molecule has 3 atom stereocenters. The lowest BCUT2D eigenvalue weighted by molar-refractivity contribution is -0.145. The van der Waals surface area contributed by atoms with Crippen molar-refractivity contribution in [2.24, 2.45) is 5.92 Å². The van der Waals surface area contributed by atoms with Gasteiger partial charge in [-0.1, -0.05) is 6.92 Å². The van der Waals surface area contributed by atoms with Gasteiger partial charge in [0.15, 0.2) is 0 Å². The van der Waals surface area contributed by atoms with Crippen LogP contribution in [0.4, 0.5) is 0 Å². The lowest BCUT2D eigenvalue weighted by atomic mass is 9.91. The van der Waals surface area contributed by atoms with Gasteiger partial charge in [0.2, 0.25) is 0 Å². The first-order valence-electron chi connectivity index (χ1n) is 7.73. The van der Waals surface area contributed by atoms with E-state index in [0.29, 0.717) is 18.6 Å². The molecule has 1 saturated heterocycles. The summed E-state index contributed by atoms with van der Waals surface area (Å²) in [5, 5.41) is 3.40. The highest BCUT2D eigenvalue weighted by atomic mass is 16.5. The third kappa shape index (κ3) is 5.49. The predicted octanol–water partition coefficient (Wildman–Crippen LogP) is 2.04. The Morgan fingerprint density at radius 2 is 2.16 bits per heavy atom. The molecule has 1 aliphatic heterocycles. The molecule has 0 spiro atoms. The standard InChI is InChI=1S/C15H30N2O2/c1-5-9-17-10-7-8-14(11-17)12(3)16-13(4)15(18)19-6-2/h12-14,16H,5-11H2,1-4H3. The molecule has 0 saturated carbocycles. The van der Waals surface area contributed by atoms with Crippen molar-refractivity contribution in [2.75, 3.05) is 26.2 Å². The minimum atomic E-state index is -0.212. The molecule has 1 fully saturated rings. The van der Waals surface area contributed by atoms with Crippen LogP contribution in [0, 0.1) is 5.92 Å². The maximum Gasteiger partial charge on any atom is 0.322 e. The van der Waals surface area contributed by atoms with Crippen LogP contribution in [0.1, 0.15) is 47.0 Å². The second-order valence-electron chi connectivity index (χ2n) is 5.63. The van der Waals surface area contributed by atoms with E-state index in [1.807, 2.05) is 13.8 Å². The fourth-order valence-electron chi connectivity index (χ4n) is 2.88. The van der Waals surface area contributed by atoms with Crippen LogP contribution < -0.4 is 5.32 Å². The van der Waals surface area contributed by atoms with Gasteiger partial charge in [-0.25, -0.2) is 0 Å². The van der Waals surface area contributed by atoms with Gasteiger partial charge in [0.1, 0.15) is 6.04 Å². The Bertz CT molecular complexity index is 269. The van der Waals surface area contributed by atoms with Gasteiger partial charge < -0.3 is 15.0 Å². The average Bonchev–Trinajstić information content (AvgIpc) is 2.39. The lowest BCUT2D eigenvalue weighted by Crippen LogP contribution is -2.49. The van der Waals surface area contributed by atoms with Crippen LogP contribution in [0.2, 0.25) is 0 Å². The maximum atomic E-state index is 11.6. The van der Waals surface area contributed by atoms with E-state index in [0.717, 1.165) is 6.54 Å². The fraction of sp³-hybridized carbons (Fsp3) is 0.933. The van der Waals surface area contributed by atoms with Crippen molar-refractivity contribution >= 4 is 5.97 Å². The zero-order valence-electron chi connectivity index (χ0n) is 12.9. The molecule has 0 aromatic heterocycles. The molecule has 0 radical (unpaired) electrons. The third-order valence-corrected chi connectivity index (χ3v) is 3.94. The summed E-state index contributed by atoms with van der Waals surface area (Å²) in [6.07, 6.45) is 3.74. The maximum absolute atomic E-state index is 11.6. The number of hydrogen-bond acceptors (Lipinski definition) is 4. The van der Waals surface area contributed by atoms with Gasteiger partial charge in [-0.2, -0.15) is 0 Å². The van der Waals surface area contributed by atoms with Crippen molar-refractivity contribution in [1.82, 2.24) is 10.2 Å². The Labute approximate surface area is 117 Å². The van der Waals surface area contributed by atoms with Crippen LogP contribution in [0.15, 0.2) is 0 Å². The van der Waals surface area contributed by atoms with E-state index < -0.39 is 0 Å². The Morgan fingerprint density at radius 3 is 2.79 bits per heavy atom. The molecule has 0 aliphatic carbocycles. The number of nitrogens with zero attached hydrogens (tertiary/aromatic N) is 1. The quantitative estimate of drug-likeness (QED) is 0.719. The number of piperidine rings is 1. The second-order valence-corrected chi connectivity index (χ2v) is 5.63. The number of nitrogens with one attached hydrogen (secondary N) is 1. The molecule has 112 valence electrons. The van der Waals surface area contributed by atoms with Gasteiger partial charge in [0.25, 0.3) is 0 Å². The number of carbonyl (C=O) groups excluding carboxylic acids is 1. The second kappa shape index (κ2) is 8.54. The van der Waals surface area contributed by atoms with E-state index in [4.69, 9.17) is 4.74 Å². The Balaban J connectivity index is 2.39. The van der Waals surface area contributed by atoms with Crippen molar-refractivity contribution in [1.29, 1.82) is 0 Å². The molecule has 1 aliphatic rings. The van der Waals surface area contributed by atoms with Crippen LogP contribution in [0.5, 0.6) is 0 Å². The molecular formula is C15H30N2O2. The number of esters is 1. The smallest absolute Gasteiger partial charge is 0.322 e. The van der Waals surface area contributed by atoms with Gasteiger partial charge in [0, 0.05) is 12.6 Å². The van der Waals surface area contributed by atoms with Crippen molar-refractivity contribution in [3.63, 3.8) is 0 Å². The normalized spacial score (nSPS) is 23.9. The zero-order valence-corrected chi connectivity index (χ0v) is 12.9. The molecule has 19 heavy (non-hydrogen) atoms. The van der Waals surface area contributed by atoms with Crippen LogP contribution in [-0.2, 0) is 9.53 Å². The summed E-state index contributed by atoms with van der Waals surface area (Å²) in [4.78, 5) is 14.2. The van der Waals surface area contributed by atoms with E-state index >= 15 is 0 Å². The Hall–Kier alpha value is -0.610. The predicted molar refractivity (Wildman–Crippen MR) is 78.1 cm³/mol. The fourth-order valence-corrected chi connectivity index (χ4v) is 2.88. The number of ether oxygens (including phenoxy) is 1. The van der Waals surface area contributed by atoms with Crippen LogP contribution in [-0.4, -0.2) is 49.2 Å². The SMILES string of the molecule is CCCN1CCCC(C(C)NC(C)C(=O)OCC)C1. The molecule has 1 N–H and O–H groups in total. The Morgan fingerprint density at radius 1 is 1.42 bits per heavy atom. The minimum absolute atomic E-state index is 0.143. The topological polar surface area (TPSA) is 41.6 Å². The molecule has 0 bridgehead atoms. The van der Waals surface area contributed by atoms with E-state index in [1.54, 1.807) is 0 Å². The van der Waals surface area contributed by atoms with Crippen molar-refractivity contribution in [3.8, 4) is 0 Å². The molecule has 0 amide bonds.